The molecular formula is C9H6BrF2N5. The first-order chi connectivity index (χ1) is 7.95. The molecule has 0 saturated heterocycles. The van der Waals surface area contributed by atoms with Crippen LogP contribution in [0.2, 0.25) is 0 Å². The maximum Gasteiger partial charge on any atom is 0.201 e. The fourth-order valence-electron chi connectivity index (χ4n) is 0.886. The lowest BCUT2D eigenvalue weighted by atomic mass is 10.3. The van der Waals surface area contributed by atoms with E-state index in [9.17, 15) is 8.78 Å². The molecule has 0 aromatic heterocycles. The highest BCUT2D eigenvalue weighted by atomic mass is 79.9. The van der Waals surface area contributed by atoms with Crippen LogP contribution in [0, 0.1) is 28.4 Å². The van der Waals surface area contributed by atoms with Crippen LogP contribution in [0.1, 0.15) is 0 Å². The fourth-order valence-corrected chi connectivity index (χ4v) is 1.32. The van der Waals surface area contributed by atoms with Crippen LogP contribution in [0.3, 0.4) is 0 Å². The summed E-state index contributed by atoms with van der Waals surface area (Å²) in [6.45, 7) is 0. The lowest BCUT2D eigenvalue weighted by Gasteiger charge is -2.03. The zero-order valence-electron chi connectivity index (χ0n) is 8.26. The monoisotopic (exact) mass is 301 g/mol. The van der Waals surface area contributed by atoms with Crippen LogP contribution in [0.4, 0.5) is 14.5 Å². The molecule has 0 heterocycles. The van der Waals surface area contributed by atoms with Gasteiger partial charge in [0.1, 0.15) is 6.07 Å². The SMILES string of the molecule is N#C/C(=N\Nc1cc(F)c(F)c(Br)c1)C(=N)N. The third kappa shape index (κ3) is 3.22. The van der Waals surface area contributed by atoms with E-state index in [-0.39, 0.29) is 15.9 Å². The minimum absolute atomic E-state index is 0.0865. The third-order valence-electron chi connectivity index (χ3n) is 1.64. The van der Waals surface area contributed by atoms with Crippen molar-refractivity contribution in [3.05, 3.63) is 28.2 Å². The predicted molar refractivity (Wildman–Crippen MR) is 62.6 cm³/mol. The number of hydrogen-bond donors (Lipinski definition) is 3. The van der Waals surface area contributed by atoms with E-state index in [0.717, 1.165) is 6.07 Å². The molecule has 8 heteroatoms. The molecule has 0 fully saturated rings. The number of halogens is 3. The minimum Gasteiger partial charge on any atom is -0.382 e. The van der Waals surface area contributed by atoms with E-state index in [1.165, 1.54) is 6.07 Å². The van der Waals surface area contributed by atoms with Crippen LogP contribution < -0.4 is 11.2 Å². The number of rotatable bonds is 3. The van der Waals surface area contributed by atoms with Crippen LogP contribution >= 0.6 is 15.9 Å². The van der Waals surface area contributed by atoms with Gasteiger partial charge in [-0.1, -0.05) is 0 Å². The molecule has 5 nitrogen and oxygen atoms in total. The van der Waals surface area contributed by atoms with Gasteiger partial charge in [-0.15, -0.1) is 0 Å². The molecule has 0 aliphatic heterocycles. The average molecular weight is 302 g/mol. The quantitative estimate of drug-likeness (QED) is 0.344. The van der Waals surface area contributed by atoms with E-state index in [1.807, 2.05) is 0 Å². The first-order valence-corrected chi connectivity index (χ1v) is 4.97. The second-order valence-corrected chi connectivity index (χ2v) is 3.71. The molecule has 88 valence electrons. The van der Waals surface area contributed by atoms with Crippen molar-refractivity contribution in [3.8, 4) is 6.07 Å². The summed E-state index contributed by atoms with van der Waals surface area (Å²) in [7, 11) is 0. The van der Waals surface area contributed by atoms with Gasteiger partial charge in [-0.05, 0) is 22.0 Å². The Morgan fingerprint density at radius 2 is 2.18 bits per heavy atom. The maximum atomic E-state index is 13.0. The summed E-state index contributed by atoms with van der Waals surface area (Å²) in [5.41, 5.74) is 7.10. The Kier molecular flexibility index (Phi) is 4.12. The average Bonchev–Trinajstić information content (AvgIpc) is 2.26. The molecule has 0 atom stereocenters. The highest BCUT2D eigenvalue weighted by Gasteiger charge is 2.08. The summed E-state index contributed by atoms with van der Waals surface area (Å²) in [6, 6.07) is 3.66. The molecule has 17 heavy (non-hydrogen) atoms. The van der Waals surface area contributed by atoms with Crippen LogP contribution in [-0.2, 0) is 0 Å². The minimum atomic E-state index is -1.07. The van der Waals surface area contributed by atoms with Gasteiger partial charge >= 0.3 is 0 Å². The van der Waals surface area contributed by atoms with Crippen LogP contribution in [0.15, 0.2) is 21.7 Å². The van der Waals surface area contributed by atoms with E-state index in [4.69, 9.17) is 16.4 Å². The van der Waals surface area contributed by atoms with Gasteiger partial charge < -0.3 is 5.73 Å². The van der Waals surface area contributed by atoms with Crippen molar-refractivity contribution >= 4 is 33.2 Å². The molecule has 4 N–H and O–H groups in total. The molecule has 1 rings (SSSR count). The van der Waals surface area contributed by atoms with E-state index in [2.05, 4.69) is 26.5 Å². The van der Waals surface area contributed by atoms with Gasteiger partial charge in [-0.3, -0.25) is 10.8 Å². The highest BCUT2D eigenvalue weighted by Crippen LogP contribution is 2.23. The van der Waals surface area contributed by atoms with Crippen molar-refractivity contribution in [2.75, 3.05) is 5.43 Å². The van der Waals surface area contributed by atoms with Crippen LogP contribution in [0.5, 0.6) is 0 Å². The fraction of sp³-hybridized carbons (Fsp3) is 0. The number of amidine groups is 1. The molecular weight excluding hydrogens is 296 g/mol. The van der Waals surface area contributed by atoms with Gasteiger partial charge in [0.05, 0.1) is 10.2 Å². The first kappa shape index (κ1) is 13.1. The Bertz CT molecular complexity index is 512. The Morgan fingerprint density at radius 1 is 1.53 bits per heavy atom. The van der Waals surface area contributed by atoms with E-state index >= 15 is 0 Å². The van der Waals surface area contributed by atoms with Crippen molar-refractivity contribution in [1.82, 2.24) is 0 Å². The largest absolute Gasteiger partial charge is 0.382 e. The molecule has 1 aromatic carbocycles. The van der Waals surface area contributed by atoms with Gasteiger partial charge in [0, 0.05) is 6.07 Å². The van der Waals surface area contributed by atoms with Crippen molar-refractivity contribution in [1.29, 1.82) is 10.7 Å². The highest BCUT2D eigenvalue weighted by molar-refractivity contribution is 9.10. The molecule has 0 saturated carbocycles. The summed E-state index contributed by atoms with van der Waals surface area (Å²) in [5, 5.41) is 19.0. The Morgan fingerprint density at radius 3 is 2.65 bits per heavy atom. The predicted octanol–water partition coefficient (Wildman–Crippen LogP) is 1.95. The van der Waals surface area contributed by atoms with Gasteiger partial charge in [0.2, 0.25) is 5.71 Å². The van der Waals surface area contributed by atoms with Crippen molar-refractivity contribution in [2.45, 2.75) is 0 Å². The number of hydrogen-bond acceptors (Lipinski definition) is 4. The summed E-state index contributed by atoms with van der Waals surface area (Å²) in [6.07, 6.45) is 0. The molecule has 1 aromatic rings. The number of nitrogens with one attached hydrogen (secondary N) is 2. The van der Waals surface area contributed by atoms with Gasteiger partial charge in [-0.2, -0.15) is 10.4 Å². The van der Waals surface area contributed by atoms with Crippen molar-refractivity contribution in [3.63, 3.8) is 0 Å². The molecule has 0 bridgehead atoms. The molecule has 0 amide bonds. The van der Waals surface area contributed by atoms with Crippen molar-refractivity contribution in [2.24, 2.45) is 10.8 Å². The van der Waals surface area contributed by atoms with Crippen molar-refractivity contribution < 1.29 is 8.78 Å². The van der Waals surface area contributed by atoms with Gasteiger partial charge in [0.25, 0.3) is 0 Å². The second-order valence-electron chi connectivity index (χ2n) is 2.85. The molecule has 0 spiro atoms. The summed E-state index contributed by atoms with van der Waals surface area (Å²) in [4.78, 5) is 0. The van der Waals surface area contributed by atoms with E-state index in [1.54, 1.807) is 6.07 Å². The number of nitrogens with zero attached hydrogens (tertiary/aromatic N) is 2. The van der Waals surface area contributed by atoms with Gasteiger partial charge in [0.15, 0.2) is 17.5 Å². The standard InChI is InChI=1S/C9H6BrF2N5/c10-5-1-4(2-6(11)8(5)12)16-17-7(3-13)9(14)15/h1-2,16H,(H3,14,15)/b17-7+. The number of nitrogens with two attached hydrogens (primary N) is 1. The Balaban J connectivity index is 2.98. The molecule has 0 radical (unpaired) electrons. The van der Waals surface area contributed by atoms with E-state index < -0.39 is 17.5 Å². The maximum absolute atomic E-state index is 13.0. The zero-order valence-corrected chi connectivity index (χ0v) is 9.85. The number of anilines is 1. The Labute approximate surface area is 104 Å². The van der Waals surface area contributed by atoms with Crippen LogP contribution in [0.25, 0.3) is 0 Å². The lowest BCUT2D eigenvalue weighted by Crippen LogP contribution is -2.21. The summed E-state index contributed by atoms with van der Waals surface area (Å²) < 4.78 is 25.8. The number of benzene rings is 1. The van der Waals surface area contributed by atoms with E-state index in [0.29, 0.717) is 0 Å². The lowest BCUT2D eigenvalue weighted by molar-refractivity contribution is 0.504. The molecule has 0 aliphatic carbocycles. The topological polar surface area (TPSA) is 98.0 Å². The van der Waals surface area contributed by atoms with Gasteiger partial charge in [-0.25, -0.2) is 8.78 Å². The number of nitriles is 1. The number of hydrazone groups is 1. The third-order valence-corrected chi connectivity index (χ3v) is 2.22. The normalized spacial score (nSPS) is 10.8. The van der Waals surface area contributed by atoms with Crippen LogP contribution in [-0.4, -0.2) is 11.5 Å². The molecule has 0 unspecified atom stereocenters. The smallest absolute Gasteiger partial charge is 0.201 e. The Hall–Kier alpha value is -2.01. The zero-order chi connectivity index (χ0) is 13.0. The summed E-state index contributed by atoms with van der Waals surface area (Å²) >= 11 is 2.81. The first-order valence-electron chi connectivity index (χ1n) is 4.18. The summed E-state index contributed by atoms with van der Waals surface area (Å²) in [5.74, 6) is -2.62. The second kappa shape index (κ2) is 5.36. The molecule has 0 aliphatic rings.